The molecule has 0 radical (unpaired) electrons. The second kappa shape index (κ2) is 8.28. The Morgan fingerprint density at radius 2 is 1.85 bits per heavy atom. The SMILES string of the molecule is O=C(c1cccnc1)N(Cc1cccc(-c2ccc3ncnc(NC4CC4)c3c2)c1)C1CC1. The molecule has 0 aliphatic heterocycles. The molecule has 2 aromatic carbocycles. The number of hydrogen-bond donors (Lipinski definition) is 1. The number of carbonyl (C=O) groups is 1. The molecule has 2 aliphatic rings. The molecular weight excluding hydrogens is 410 g/mol. The average Bonchev–Trinajstić information content (AvgIpc) is 3.78. The van der Waals surface area contributed by atoms with Gasteiger partial charge in [0.25, 0.3) is 5.91 Å². The van der Waals surface area contributed by atoms with Gasteiger partial charge < -0.3 is 10.2 Å². The summed E-state index contributed by atoms with van der Waals surface area (Å²) in [4.78, 5) is 28.2. The van der Waals surface area contributed by atoms with E-state index in [4.69, 9.17) is 0 Å². The van der Waals surface area contributed by atoms with Crippen molar-refractivity contribution >= 4 is 22.6 Å². The van der Waals surface area contributed by atoms with Crippen LogP contribution >= 0.6 is 0 Å². The molecule has 2 heterocycles. The molecule has 2 aromatic heterocycles. The van der Waals surface area contributed by atoms with E-state index in [9.17, 15) is 4.79 Å². The van der Waals surface area contributed by atoms with Gasteiger partial charge in [0.15, 0.2) is 0 Å². The van der Waals surface area contributed by atoms with Gasteiger partial charge >= 0.3 is 0 Å². The Balaban J connectivity index is 1.29. The molecule has 6 heteroatoms. The Labute approximate surface area is 192 Å². The van der Waals surface area contributed by atoms with Crippen LogP contribution in [0.1, 0.15) is 41.6 Å². The predicted molar refractivity (Wildman–Crippen MR) is 129 cm³/mol. The highest BCUT2D eigenvalue weighted by Crippen LogP contribution is 2.32. The largest absolute Gasteiger partial charge is 0.367 e. The van der Waals surface area contributed by atoms with Crippen LogP contribution in [0.5, 0.6) is 0 Å². The van der Waals surface area contributed by atoms with E-state index in [1.807, 2.05) is 17.0 Å². The van der Waals surface area contributed by atoms with Gasteiger partial charge in [-0.3, -0.25) is 9.78 Å². The zero-order valence-corrected chi connectivity index (χ0v) is 18.3. The van der Waals surface area contributed by atoms with Crippen LogP contribution in [0.3, 0.4) is 0 Å². The van der Waals surface area contributed by atoms with Crippen LogP contribution in [0.15, 0.2) is 73.3 Å². The molecule has 164 valence electrons. The zero-order chi connectivity index (χ0) is 22.2. The maximum absolute atomic E-state index is 13.1. The summed E-state index contributed by atoms with van der Waals surface area (Å²) in [6.45, 7) is 0.595. The van der Waals surface area contributed by atoms with Gasteiger partial charge in [0.2, 0.25) is 0 Å². The third-order valence-electron chi connectivity index (χ3n) is 6.32. The number of nitrogens with zero attached hydrogens (tertiary/aromatic N) is 4. The minimum absolute atomic E-state index is 0.0506. The maximum Gasteiger partial charge on any atom is 0.255 e. The monoisotopic (exact) mass is 435 g/mol. The van der Waals surface area contributed by atoms with Crippen LogP contribution in [0.25, 0.3) is 22.0 Å². The minimum Gasteiger partial charge on any atom is -0.367 e. The topological polar surface area (TPSA) is 71.0 Å². The highest BCUT2D eigenvalue weighted by molar-refractivity contribution is 5.94. The molecule has 33 heavy (non-hydrogen) atoms. The molecule has 6 nitrogen and oxygen atoms in total. The van der Waals surface area contributed by atoms with Crippen LogP contribution in [-0.4, -0.2) is 37.8 Å². The molecule has 0 spiro atoms. The van der Waals surface area contributed by atoms with Crippen molar-refractivity contribution in [3.8, 4) is 11.1 Å². The molecule has 6 rings (SSSR count). The normalized spacial score (nSPS) is 15.4. The molecule has 0 bridgehead atoms. The molecule has 0 unspecified atom stereocenters. The summed E-state index contributed by atoms with van der Waals surface area (Å²) >= 11 is 0. The Bertz CT molecular complexity index is 1310. The van der Waals surface area contributed by atoms with Crippen molar-refractivity contribution in [2.75, 3.05) is 5.32 Å². The number of amides is 1. The number of benzene rings is 2. The van der Waals surface area contributed by atoms with Crippen LogP contribution in [0.4, 0.5) is 5.82 Å². The zero-order valence-electron chi connectivity index (χ0n) is 18.3. The summed E-state index contributed by atoms with van der Waals surface area (Å²) < 4.78 is 0. The summed E-state index contributed by atoms with van der Waals surface area (Å²) in [5.41, 5.74) is 4.95. The third-order valence-corrected chi connectivity index (χ3v) is 6.32. The van der Waals surface area contributed by atoms with Crippen molar-refractivity contribution in [1.82, 2.24) is 19.9 Å². The number of anilines is 1. The number of fused-ring (bicyclic) bond motifs is 1. The summed E-state index contributed by atoms with van der Waals surface area (Å²) in [6.07, 6.45) is 9.49. The van der Waals surface area contributed by atoms with Gasteiger partial charge in [-0.25, -0.2) is 9.97 Å². The molecule has 4 aromatic rings. The van der Waals surface area contributed by atoms with Gasteiger partial charge in [-0.2, -0.15) is 0 Å². The van der Waals surface area contributed by atoms with Crippen molar-refractivity contribution in [2.45, 2.75) is 44.3 Å². The molecule has 0 atom stereocenters. The van der Waals surface area contributed by atoms with E-state index in [0.29, 0.717) is 24.2 Å². The van der Waals surface area contributed by atoms with Gasteiger partial charge in [0, 0.05) is 36.4 Å². The van der Waals surface area contributed by atoms with Gasteiger partial charge in [-0.1, -0.05) is 24.3 Å². The molecule has 0 saturated heterocycles. The fourth-order valence-corrected chi connectivity index (χ4v) is 4.23. The number of aromatic nitrogens is 3. The average molecular weight is 436 g/mol. The molecule has 2 saturated carbocycles. The standard InChI is InChI=1S/C27H25N5O/c33-27(21-5-2-12-28-15-21)32(23-9-10-23)16-18-3-1-4-19(13-18)20-6-11-25-24(14-20)26(30-17-29-25)31-22-7-8-22/h1-6,11-15,17,22-23H,7-10,16H2,(H,29,30,31). The third kappa shape index (κ3) is 4.29. The van der Waals surface area contributed by atoms with Crippen molar-refractivity contribution in [1.29, 1.82) is 0 Å². The van der Waals surface area contributed by atoms with Crippen LogP contribution in [0, 0.1) is 0 Å². The van der Waals surface area contributed by atoms with E-state index in [2.05, 4.69) is 62.7 Å². The lowest BCUT2D eigenvalue weighted by molar-refractivity contribution is 0.0729. The lowest BCUT2D eigenvalue weighted by Crippen LogP contribution is -2.32. The molecular formula is C27H25N5O. The molecule has 1 N–H and O–H groups in total. The van der Waals surface area contributed by atoms with Crippen molar-refractivity contribution < 1.29 is 4.79 Å². The van der Waals surface area contributed by atoms with Crippen LogP contribution < -0.4 is 5.32 Å². The molecule has 1 amide bonds. The first-order valence-corrected chi connectivity index (χ1v) is 11.6. The predicted octanol–water partition coefficient (Wildman–Crippen LogP) is 5.07. The van der Waals surface area contributed by atoms with E-state index >= 15 is 0 Å². The van der Waals surface area contributed by atoms with E-state index in [0.717, 1.165) is 46.3 Å². The second-order valence-corrected chi connectivity index (χ2v) is 8.98. The number of pyridine rings is 1. The first-order chi connectivity index (χ1) is 16.2. The van der Waals surface area contributed by atoms with Gasteiger partial charge in [0.1, 0.15) is 12.1 Å². The molecule has 2 fully saturated rings. The highest BCUT2D eigenvalue weighted by Gasteiger charge is 2.33. The fraction of sp³-hybridized carbons (Fsp3) is 0.259. The van der Waals surface area contributed by atoms with Crippen molar-refractivity contribution in [2.24, 2.45) is 0 Å². The second-order valence-electron chi connectivity index (χ2n) is 8.98. The Morgan fingerprint density at radius 3 is 2.64 bits per heavy atom. The summed E-state index contributed by atoms with van der Waals surface area (Å²) in [7, 11) is 0. The van der Waals surface area contributed by atoms with Gasteiger partial charge in [-0.15, -0.1) is 0 Å². The van der Waals surface area contributed by atoms with Crippen molar-refractivity contribution in [3.63, 3.8) is 0 Å². The number of rotatable bonds is 7. The summed E-state index contributed by atoms with van der Waals surface area (Å²) in [5.74, 6) is 0.956. The van der Waals surface area contributed by atoms with Gasteiger partial charge in [-0.05, 0) is 72.7 Å². The van der Waals surface area contributed by atoms with Crippen LogP contribution in [0.2, 0.25) is 0 Å². The maximum atomic E-state index is 13.1. The van der Waals surface area contributed by atoms with E-state index in [1.54, 1.807) is 18.7 Å². The Morgan fingerprint density at radius 1 is 0.970 bits per heavy atom. The van der Waals surface area contributed by atoms with Crippen molar-refractivity contribution in [3.05, 3.63) is 84.4 Å². The lowest BCUT2D eigenvalue weighted by Gasteiger charge is -2.23. The Kier molecular flexibility index (Phi) is 4.98. The number of hydrogen-bond acceptors (Lipinski definition) is 5. The Hall–Kier alpha value is -3.80. The van der Waals surface area contributed by atoms with E-state index < -0.39 is 0 Å². The summed E-state index contributed by atoms with van der Waals surface area (Å²) in [5, 5.41) is 4.56. The number of carbonyl (C=O) groups excluding carboxylic acids is 1. The van der Waals surface area contributed by atoms with Gasteiger partial charge in [0.05, 0.1) is 11.1 Å². The van der Waals surface area contributed by atoms with E-state index in [1.165, 1.54) is 12.8 Å². The lowest BCUT2D eigenvalue weighted by atomic mass is 10.0. The number of nitrogens with one attached hydrogen (secondary N) is 1. The fourth-order valence-electron chi connectivity index (χ4n) is 4.23. The summed E-state index contributed by atoms with van der Waals surface area (Å²) in [6, 6.07) is 19.3. The van der Waals surface area contributed by atoms with E-state index in [-0.39, 0.29) is 5.91 Å². The first kappa shape index (κ1) is 19.9. The smallest absolute Gasteiger partial charge is 0.255 e. The van der Waals surface area contributed by atoms with Crippen LogP contribution in [-0.2, 0) is 6.54 Å². The molecule has 2 aliphatic carbocycles. The highest BCUT2D eigenvalue weighted by atomic mass is 16.2. The quantitative estimate of drug-likeness (QED) is 0.439. The first-order valence-electron chi connectivity index (χ1n) is 11.6. The minimum atomic E-state index is 0.0506.